The molecule has 0 unspecified atom stereocenters. The lowest BCUT2D eigenvalue weighted by atomic mass is 10.1. The average Bonchev–Trinajstić information content (AvgIpc) is 3.45. The summed E-state index contributed by atoms with van der Waals surface area (Å²) in [5.74, 6) is 1.65. The van der Waals surface area contributed by atoms with Gasteiger partial charge >= 0.3 is 0 Å². The van der Waals surface area contributed by atoms with Crippen LogP contribution in [0.2, 0.25) is 0 Å². The van der Waals surface area contributed by atoms with E-state index in [1.54, 1.807) is 22.6 Å². The van der Waals surface area contributed by atoms with Crippen molar-refractivity contribution in [2.45, 2.75) is 12.1 Å². The van der Waals surface area contributed by atoms with E-state index in [1.807, 2.05) is 66.4 Å². The second-order valence-corrected chi connectivity index (χ2v) is 8.49. The van der Waals surface area contributed by atoms with E-state index in [4.69, 9.17) is 0 Å². The lowest BCUT2D eigenvalue weighted by Gasteiger charge is -2.35. The van der Waals surface area contributed by atoms with Crippen LogP contribution in [0.5, 0.6) is 0 Å². The Labute approximate surface area is 190 Å². The predicted molar refractivity (Wildman–Crippen MR) is 125 cm³/mol. The van der Waals surface area contributed by atoms with Crippen LogP contribution >= 0.6 is 11.8 Å². The monoisotopic (exact) mass is 448 g/mol. The maximum Gasteiger partial charge on any atom is 0.254 e. The van der Waals surface area contributed by atoms with Crippen molar-refractivity contribution >= 4 is 34.5 Å². The third-order valence-electron chi connectivity index (χ3n) is 5.71. The van der Waals surface area contributed by atoms with Gasteiger partial charge in [-0.15, -0.1) is 0 Å². The van der Waals surface area contributed by atoms with Gasteiger partial charge in [0.1, 0.15) is 11.6 Å². The molecule has 9 nitrogen and oxygen atoms in total. The minimum Gasteiger partial charge on any atom is -0.352 e. The Hall–Kier alpha value is -3.40. The normalized spacial score (nSPS) is 14.3. The molecule has 10 heteroatoms. The average molecular weight is 449 g/mol. The Bertz CT molecular complexity index is 1290. The standard InChI is InChI=1S/C22H24N8OS/c1-15-25-19-18(14-24-27(19)2)20(26-15)28-9-11-29(12-10-28)21(31)16-5-4-6-17(13-16)30-8-7-23-22(30)32-3/h4-8,13-14H,9-12H2,1-3H3. The second kappa shape index (κ2) is 8.27. The number of benzene rings is 1. The first-order valence-corrected chi connectivity index (χ1v) is 11.7. The fraction of sp³-hybridized carbons (Fsp3) is 0.318. The molecule has 5 rings (SSSR count). The highest BCUT2D eigenvalue weighted by molar-refractivity contribution is 7.98. The number of piperazine rings is 1. The summed E-state index contributed by atoms with van der Waals surface area (Å²) < 4.78 is 3.76. The van der Waals surface area contributed by atoms with Gasteiger partial charge < -0.3 is 9.80 Å². The number of thioether (sulfide) groups is 1. The molecule has 0 N–H and O–H groups in total. The highest BCUT2D eigenvalue weighted by atomic mass is 32.2. The summed E-state index contributed by atoms with van der Waals surface area (Å²) >= 11 is 1.58. The Morgan fingerprint density at radius 1 is 1.12 bits per heavy atom. The summed E-state index contributed by atoms with van der Waals surface area (Å²) in [5, 5.41) is 6.17. The van der Waals surface area contributed by atoms with Crippen LogP contribution in [0.3, 0.4) is 0 Å². The molecule has 0 atom stereocenters. The first-order chi connectivity index (χ1) is 15.5. The van der Waals surface area contributed by atoms with Gasteiger partial charge in [0, 0.05) is 56.9 Å². The molecule has 1 saturated heterocycles. The van der Waals surface area contributed by atoms with Crippen LogP contribution in [-0.4, -0.2) is 72.5 Å². The van der Waals surface area contributed by atoms with Crippen molar-refractivity contribution in [1.82, 2.24) is 34.2 Å². The zero-order chi connectivity index (χ0) is 22.2. The summed E-state index contributed by atoms with van der Waals surface area (Å²) in [6.07, 6.45) is 7.49. The van der Waals surface area contributed by atoms with Crippen LogP contribution in [-0.2, 0) is 7.05 Å². The molecule has 0 radical (unpaired) electrons. The molecular formula is C22H24N8OS. The molecular weight excluding hydrogens is 424 g/mol. The molecule has 32 heavy (non-hydrogen) atoms. The van der Waals surface area contributed by atoms with Crippen LogP contribution in [0.4, 0.5) is 5.82 Å². The van der Waals surface area contributed by atoms with Crippen molar-refractivity contribution in [2.75, 3.05) is 37.3 Å². The fourth-order valence-electron chi connectivity index (χ4n) is 4.08. The van der Waals surface area contributed by atoms with E-state index in [1.165, 1.54) is 0 Å². The second-order valence-electron chi connectivity index (χ2n) is 7.71. The van der Waals surface area contributed by atoms with E-state index in [9.17, 15) is 4.79 Å². The SMILES string of the molecule is CSc1nccn1-c1cccc(C(=O)N2CCN(c3nc(C)nc4c3cnn4C)CC2)c1. The third-order valence-corrected chi connectivity index (χ3v) is 6.38. The first-order valence-electron chi connectivity index (χ1n) is 10.4. The van der Waals surface area contributed by atoms with E-state index in [0.717, 1.165) is 33.5 Å². The lowest BCUT2D eigenvalue weighted by Crippen LogP contribution is -2.49. The minimum atomic E-state index is 0.0442. The molecule has 0 spiro atoms. The molecule has 1 fully saturated rings. The molecule has 3 aromatic heterocycles. The number of aryl methyl sites for hydroxylation is 2. The maximum absolute atomic E-state index is 13.2. The number of fused-ring (bicyclic) bond motifs is 1. The van der Waals surface area contributed by atoms with Crippen LogP contribution in [0.15, 0.2) is 48.0 Å². The Morgan fingerprint density at radius 3 is 2.72 bits per heavy atom. The van der Waals surface area contributed by atoms with E-state index in [0.29, 0.717) is 31.7 Å². The molecule has 1 aromatic carbocycles. The highest BCUT2D eigenvalue weighted by Gasteiger charge is 2.25. The number of aromatic nitrogens is 6. The van der Waals surface area contributed by atoms with Crippen molar-refractivity contribution in [1.29, 1.82) is 0 Å². The molecule has 164 valence electrons. The van der Waals surface area contributed by atoms with Gasteiger partial charge in [-0.05, 0) is 31.4 Å². The largest absolute Gasteiger partial charge is 0.352 e. The van der Waals surface area contributed by atoms with E-state index < -0.39 is 0 Å². The molecule has 0 aliphatic carbocycles. The number of carbonyl (C=O) groups is 1. The molecule has 1 amide bonds. The lowest BCUT2D eigenvalue weighted by molar-refractivity contribution is 0.0746. The Morgan fingerprint density at radius 2 is 1.94 bits per heavy atom. The van der Waals surface area contributed by atoms with Gasteiger partial charge in [-0.25, -0.2) is 15.0 Å². The topological polar surface area (TPSA) is 85.0 Å². The summed E-state index contributed by atoms with van der Waals surface area (Å²) in [5.41, 5.74) is 2.45. The number of amides is 1. The van der Waals surface area contributed by atoms with E-state index in [-0.39, 0.29) is 5.91 Å². The van der Waals surface area contributed by atoms with Gasteiger partial charge in [-0.2, -0.15) is 5.10 Å². The number of nitrogens with zero attached hydrogens (tertiary/aromatic N) is 8. The van der Waals surface area contributed by atoms with Crippen LogP contribution < -0.4 is 4.90 Å². The van der Waals surface area contributed by atoms with Gasteiger partial charge in [0.2, 0.25) is 0 Å². The molecule has 1 aliphatic heterocycles. The van der Waals surface area contributed by atoms with Gasteiger partial charge in [-0.3, -0.25) is 14.0 Å². The molecule has 1 aliphatic rings. The third kappa shape index (κ3) is 3.60. The molecule has 0 saturated carbocycles. The molecule has 4 heterocycles. The van der Waals surface area contributed by atoms with Gasteiger partial charge in [0.15, 0.2) is 10.8 Å². The van der Waals surface area contributed by atoms with Gasteiger partial charge in [0.25, 0.3) is 5.91 Å². The zero-order valence-electron chi connectivity index (χ0n) is 18.3. The van der Waals surface area contributed by atoms with E-state index in [2.05, 4.69) is 25.0 Å². The summed E-state index contributed by atoms with van der Waals surface area (Å²) in [4.78, 5) is 30.9. The van der Waals surface area contributed by atoms with Crippen molar-refractivity contribution in [3.63, 3.8) is 0 Å². The highest BCUT2D eigenvalue weighted by Crippen LogP contribution is 2.25. The number of hydrogen-bond donors (Lipinski definition) is 0. The number of rotatable bonds is 4. The minimum absolute atomic E-state index is 0.0442. The quantitative estimate of drug-likeness (QED) is 0.444. The first kappa shape index (κ1) is 20.5. The predicted octanol–water partition coefficient (Wildman–Crippen LogP) is 2.54. The van der Waals surface area contributed by atoms with Gasteiger partial charge in [0.05, 0.1) is 11.6 Å². The number of anilines is 1. The van der Waals surface area contributed by atoms with Crippen molar-refractivity contribution in [2.24, 2.45) is 7.05 Å². The number of carbonyl (C=O) groups excluding carboxylic acids is 1. The summed E-state index contributed by atoms with van der Waals surface area (Å²) in [7, 11) is 1.88. The van der Waals surface area contributed by atoms with Crippen LogP contribution in [0.1, 0.15) is 16.2 Å². The summed E-state index contributed by atoms with van der Waals surface area (Å²) in [6.45, 7) is 4.59. The van der Waals surface area contributed by atoms with Crippen molar-refractivity contribution < 1.29 is 4.79 Å². The molecule has 0 bridgehead atoms. The maximum atomic E-state index is 13.2. The fourth-order valence-corrected chi connectivity index (χ4v) is 4.61. The smallest absolute Gasteiger partial charge is 0.254 e. The van der Waals surface area contributed by atoms with Crippen molar-refractivity contribution in [3.8, 4) is 5.69 Å². The Balaban J connectivity index is 1.33. The Kier molecular flexibility index (Phi) is 5.30. The van der Waals surface area contributed by atoms with Crippen molar-refractivity contribution in [3.05, 3.63) is 54.2 Å². The molecule has 4 aromatic rings. The zero-order valence-corrected chi connectivity index (χ0v) is 19.1. The summed E-state index contributed by atoms with van der Waals surface area (Å²) in [6, 6.07) is 7.72. The number of imidazole rings is 1. The van der Waals surface area contributed by atoms with Gasteiger partial charge in [-0.1, -0.05) is 17.8 Å². The van der Waals surface area contributed by atoms with Crippen LogP contribution in [0, 0.1) is 6.92 Å². The van der Waals surface area contributed by atoms with Crippen LogP contribution in [0.25, 0.3) is 16.7 Å². The number of hydrogen-bond acceptors (Lipinski definition) is 7. The van der Waals surface area contributed by atoms with E-state index >= 15 is 0 Å².